The maximum Gasteiger partial charge on any atom is 0.253 e. The molecule has 0 aromatic heterocycles. The molecule has 2 amide bonds. The average molecular weight is 591 g/mol. The fraction of sp³-hybridized carbons (Fsp3) is 0.692. The third-order valence-corrected chi connectivity index (χ3v) is 10.9. The molecule has 1 aromatic carbocycles. The molecule has 4 aliphatic heterocycles. The molecule has 4 heterocycles. The van der Waals surface area contributed by atoms with Gasteiger partial charge in [0.05, 0.1) is 22.8 Å². The zero-order valence-electron chi connectivity index (χ0n) is 21.6. The van der Waals surface area contributed by atoms with Gasteiger partial charge < -0.3 is 10.6 Å². The van der Waals surface area contributed by atoms with E-state index in [0.29, 0.717) is 50.0 Å². The van der Waals surface area contributed by atoms with Gasteiger partial charge in [-0.25, -0.2) is 21.6 Å². The first-order chi connectivity index (χ1) is 18.5. The minimum absolute atomic E-state index is 0.00363. The maximum atomic E-state index is 14.3. The van der Waals surface area contributed by atoms with Crippen molar-refractivity contribution in [3.63, 3.8) is 0 Å². The minimum atomic E-state index is -3.55. The lowest BCUT2D eigenvalue weighted by Gasteiger charge is -2.40. The monoisotopic (exact) mass is 590 g/mol. The number of halogens is 4. The van der Waals surface area contributed by atoms with Crippen molar-refractivity contribution in [3.05, 3.63) is 28.3 Å². The van der Waals surface area contributed by atoms with E-state index in [1.807, 2.05) is 0 Å². The van der Waals surface area contributed by atoms with E-state index in [2.05, 4.69) is 10.6 Å². The molecule has 0 radical (unpaired) electrons. The number of hydrogen-bond acceptors (Lipinski definition) is 5. The second-order valence-corrected chi connectivity index (χ2v) is 13.6. The van der Waals surface area contributed by atoms with Gasteiger partial charge in [-0.2, -0.15) is 4.31 Å². The molecule has 39 heavy (non-hydrogen) atoms. The number of anilines is 1. The number of piperidine rings is 2. The SMILES string of the molecule is O=C1Cc2cc(C(=O)N[C@@H]3C[C@H]4CC[C@@H](C3)N4S(=O)(=O)CC3CCN(C(F)CCC(F)F)CC3)c(Cl)cc2N1. The van der Waals surface area contributed by atoms with Crippen LogP contribution in [-0.2, 0) is 21.2 Å². The largest absolute Gasteiger partial charge is 0.349 e. The molecule has 3 fully saturated rings. The summed E-state index contributed by atoms with van der Waals surface area (Å²) in [6.07, 6.45) is -0.944. The number of nitrogens with one attached hydrogen (secondary N) is 2. The first kappa shape index (κ1) is 28.6. The highest BCUT2D eigenvalue weighted by Crippen LogP contribution is 2.39. The molecular formula is C26H34ClF3N4O4S. The van der Waals surface area contributed by atoms with E-state index in [9.17, 15) is 31.2 Å². The molecule has 0 aliphatic carbocycles. The third-order valence-electron chi connectivity index (χ3n) is 8.50. The van der Waals surface area contributed by atoms with Crippen molar-refractivity contribution < 1.29 is 31.2 Å². The Balaban J connectivity index is 1.15. The number of carbonyl (C=O) groups is 2. The third kappa shape index (κ3) is 6.39. The highest BCUT2D eigenvalue weighted by molar-refractivity contribution is 7.89. The van der Waals surface area contributed by atoms with Crippen LogP contribution in [0.5, 0.6) is 0 Å². The van der Waals surface area contributed by atoms with Crippen LogP contribution >= 0.6 is 11.6 Å². The molecule has 2 N–H and O–H groups in total. The lowest BCUT2D eigenvalue weighted by Crippen LogP contribution is -2.53. The Labute approximate surface area is 231 Å². The van der Waals surface area contributed by atoms with Gasteiger partial charge in [-0.05, 0) is 68.6 Å². The molecule has 2 bridgehead atoms. The number of amides is 2. The molecule has 4 aliphatic rings. The molecule has 1 unspecified atom stereocenters. The molecular weight excluding hydrogens is 557 g/mol. The van der Waals surface area contributed by atoms with E-state index in [1.54, 1.807) is 16.4 Å². The molecule has 216 valence electrons. The van der Waals surface area contributed by atoms with Crippen LogP contribution in [0.4, 0.5) is 18.9 Å². The molecule has 3 saturated heterocycles. The molecule has 13 heteroatoms. The predicted molar refractivity (Wildman–Crippen MR) is 141 cm³/mol. The second-order valence-electron chi connectivity index (χ2n) is 11.2. The second kappa shape index (κ2) is 11.5. The Kier molecular flexibility index (Phi) is 8.47. The Morgan fingerprint density at radius 3 is 2.38 bits per heavy atom. The van der Waals surface area contributed by atoms with Crippen LogP contribution in [0.25, 0.3) is 0 Å². The van der Waals surface area contributed by atoms with Crippen molar-refractivity contribution in [2.24, 2.45) is 5.92 Å². The van der Waals surface area contributed by atoms with Crippen molar-refractivity contribution in [1.29, 1.82) is 0 Å². The first-order valence-corrected chi connectivity index (χ1v) is 15.6. The maximum absolute atomic E-state index is 14.3. The van der Waals surface area contributed by atoms with Crippen LogP contribution in [0, 0.1) is 5.92 Å². The fourth-order valence-electron chi connectivity index (χ4n) is 6.62. The summed E-state index contributed by atoms with van der Waals surface area (Å²) < 4.78 is 67.6. The van der Waals surface area contributed by atoms with E-state index < -0.39 is 29.2 Å². The van der Waals surface area contributed by atoms with Crippen LogP contribution < -0.4 is 10.6 Å². The highest BCUT2D eigenvalue weighted by Gasteiger charge is 2.47. The fourth-order valence-corrected chi connectivity index (χ4v) is 9.26. The van der Waals surface area contributed by atoms with Gasteiger partial charge in [0.2, 0.25) is 22.4 Å². The molecule has 1 aromatic rings. The van der Waals surface area contributed by atoms with E-state index in [1.165, 1.54) is 4.90 Å². The average Bonchev–Trinajstić information content (AvgIpc) is 3.37. The van der Waals surface area contributed by atoms with Crippen molar-refractivity contribution in [2.75, 3.05) is 24.2 Å². The van der Waals surface area contributed by atoms with Crippen molar-refractivity contribution in [3.8, 4) is 0 Å². The standard InChI is InChI=1S/C26H34ClF3N4O4S/c27-21-13-22-16(10-25(35)32-22)9-20(21)26(36)31-17-11-18-1-2-19(12-17)34(18)39(37,38)14-15-5-7-33(8-6-15)24(30)4-3-23(28)29/h9,13,15,17-19,23-24H,1-8,10-12,14H2,(H,31,36)(H,32,35)/t17-,18-,19+,24?. The van der Waals surface area contributed by atoms with Crippen LogP contribution in [-0.4, -0.2) is 79.1 Å². The number of likely N-dealkylation sites (tertiary alicyclic amines) is 1. The van der Waals surface area contributed by atoms with Gasteiger partial charge in [-0.3, -0.25) is 14.5 Å². The number of sulfonamides is 1. The smallest absolute Gasteiger partial charge is 0.253 e. The van der Waals surface area contributed by atoms with Gasteiger partial charge >= 0.3 is 0 Å². The van der Waals surface area contributed by atoms with Crippen LogP contribution in [0.2, 0.25) is 5.02 Å². The summed E-state index contributed by atoms with van der Waals surface area (Å²) in [6.45, 7) is 0.724. The summed E-state index contributed by atoms with van der Waals surface area (Å²) in [6, 6.07) is 2.64. The minimum Gasteiger partial charge on any atom is -0.349 e. The number of rotatable bonds is 9. The quantitative estimate of drug-likeness (QED) is 0.425. The zero-order chi connectivity index (χ0) is 27.9. The van der Waals surface area contributed by atoms with Gasteiger partial charge in [0.15, 0.2) is 6.30 Å². The van der Waals surface area contributed by atoms with E-state index in [-0.39, 0.29) is 59.5 Å². The van der Waals surface area contributed by atoms with Gasteiger partial charge in [-0.15, -0.1) is 0 Å². The van der Waals surface area contributed by atoms with Gasteiger partial charge in [-0.1, -0.05) is 11.6 Å². The number of benzene rings is 1. The van der Waals surface area contributed by atoms with E-state index >= 15 is 0 Å². The van der Waals surface area contributed by atoms with Crippen LogP contribution in [0.15, 0.2) is 12.1 Å². The number of nitrogens with zero attached hydrogens (tertiary/aromatic N) is 2. The topological polar surface area (TPSA) is 98.8 Å². The summed E-state index contributed by atoms with van der Waals surface area (Å²) in [5, 5.41) is 5.98. The Hall–Kier alpha value is -1.89. The summed E-state index contributed by atoms with van der Waals surface area (Å²) in [7, 11) is -3.55. The highest BCUT2D eigenvalue weighted by atomic mass is 35.5. The lowest BCUT2D eigenvalue weighted by atomic mass is 9.98. The number of alkyl halides is 3. The van der Waals surface area contributed by atoms with Gasteiger partial charge in [0.1, 0.15) is 0 Å². The van der Waals surface area contributed by atoms with Gasteiger partial charge in [0, 0.05) is 43.3 Å². The summed E-state index contributed by atoms with van der Waals surface area (Å²) in [5.74, 6) is -0.593. The zero-order valence-corrected chi connectivity index (χ0v) is 23.1. The Morgan fingerprint density at radius 2 is 1.74 bits per heavy atom. The van der Waals surface area contributed by atoms with Crippen molar-refractivity contribution >= 4 is 39.1 Å². The predicted octanol–water partition coefficient (Wildman–Crippen LogP) is 3.94. The van der Waals surface area contributed by atoms with Gasteiger partial charge in [0.25, 0.3) is 5.91 Å². The van der Waals surface area contributed by atoms with Crippen molar-refractivity contribution in [1.82, 2.24) is 14.5 Å². The molecule has 5 rings (SSSR count). The Morgan fingerprint density at radius 1 is 1.08 bits per heavy atom. The summed E-state index contributed by atoms with van der Waals surface area (Å²) >= 11 is 6.31. The summed E-state index contributed by atoms with van der Waals surface area (Å²) in [4.78, 5) is 26.2. The first-order valence-electron chi connectivity index (χ1n) is 13.6. The number of fused-ring (bicyclic) bond motifs is 3. The Bertz CT molecular complexity index is 1200. The molecule has 4 atom stereocenters. The van der Waals surface area contributed by atoms with Crippen LogP contribution in [0.3, 0.4) is 0 Å². The lowest BCUT2D eigenvalue weighted by molar-refractivity contribution is -0.115. The van der Waals surface area contributed by atoms with Crippen molar-refractivity contribution in [2.45, 2.75) is 88.6 Å². The number of hydrogen-bond donors (Lipinski definition) is 2. The molecule has 8 nitrogen and oxygen atoms in total. The molecule has 0 saturated carbocycles. The van der Waals surface area contributed by atoms with E-state index in [0.717, 1.165) is 18.4 Å². The van der Waals surface area contributed by atoms with E-state index in [4.69, 9.17) is 11.6 Å². The number of carbonyl (C=O) groups excluding carboxylic acids is 2. The summed E-state index contributed by atoms with van der Waals surface area (Å²) in [5.41, 5.74) is 1.63. The molecule has 0 spiro atoms. The normalized spacial score (nSPS) is 27.0. The van der Waals surface area contributed by atoms with Crippen LogP contribution in [0.1, 0.15) is 67.3 Å².